The maximum absolute atomic E-state index is 11.6. The number of thioether (sulfide) groups is 1. The van der Waals surface area contributed by atoms with Crippen molar-refractivity contribution in [1.82, 2.24) is 0 Å². The summed E-state index contributed by atoms with van der Waals surface area (Å²) in [7, 11) is 0. The van der Waals surface area contributed by atoms with Gasteiger partial charge in [0.25, 0.3) is 5.24 Å². The van der Waals surface area contributed by atoms with Gasteiger partial charge in [0.2, 0.25) is 0 Å². The van der Waals surface area contributed by atoms with Crippen molar-refractivity contribution < 1.29 is 14.7 Å². The van der Waals surface area contributed by atoms with E-state index in [2.05, 4.69) is 15.5 Å². The zero-order valence-electron chi connectivity index (χ0n) is 13.2. The van der Waals surface area contributed by atoms with Gasteiger partial charge in [-0.3, -0.25) is 9.59 Å². The summed E-state index contributed by atoms with van der Waals surface area (Å²) < 4.78 is 0. The van der Waals surface area contributed by atoms with Crippen molar-refractivity contribution in [2.75, 3.05) is 11.1 Å². The van der Waals surface area contributed by atoms with Crippen molar-refractivity contribution in [2.24, 2.45) is 10.2 Å². The Kier molecular flexibility index (Phi) is 9.33. The number of rotatable bonds is 6. The average Bonchev–Trinajstić information content (AvgIpc) is 2.55. The van der Waals surface area contributed by atoms with E-state index in [9.17, 15) is 9.59 Å². The molecule has 119 valence electrons. The molecule has 1 radical (unpaired) electrons. The molecule has 0 unspecified atom stereocenters. The molecule has 0 bridgehead atoms. The van der Waals surface area contributed by atoms with Crippen molar-refractivity contribution in [3.8, 4) is 0 Å². The van der Waals surface area contributed by atoms with Crippen molar-refractivity contribution in [3.63, 3.8) is 0 Å². The molecule has 2 N–H and O–H groups in total. The minimum Gasteiger partial charge on any atom is -0.481 e. The Morgan fingerprint density at radius 2 is 1.54 bits per heavy atom. The molecule has 0 spiro atoms. The number of anilines is 1. The van der Waals surface area contributed by atoms with E-state index in [1.54, 1.807) is 24.3 Å². The third kappa shape index (κ3) is 7.74. The van der Waals surface area contributed by atoms with Crippen LogP contribution in [0.3, 0.4) is 0 Å². The first kappa shape index (κ1) is 20.4. The number of azo groups is 1. The molecule has 2 aromatic carbocycles. The number of carbonyl (C=O) groups is 2. The quantitative estimate of drug-likeness (QED) is 0.593. The SMILES string of the molecule is O=C(O)CCSC(=O)Nc1ccc(N=Nc2ccccc2)cc1.[Na]. The molecule has 0 aliphatic rings. The number of hydrogen-bond acceptors (Lipinski definition) is 5. The molecule has 0 aromatic heterocycles. The Bertz CT molecular complexity index is 693. The van der Waals surface area contributed by atoms with E-state index in [0.717, 1.165) is 17.4 Å². The fourth-order valence-corrected chi connectivity index (χ4v) is 2.26. The normalized spacial score (nSPS) is 10.2. The van der Waals surface area contributed by atoms with Gasteiger partial charge in [-0.05, 0) is 36.4 Å². The van der Waals surface area contributed by atoms with E-state index in [1.165, 1.54) is 0 Å². The molecule has 0 heterocycles. The first-order valence-electron chi connectivity index (χ1n) is 6.86. The van der Waals surface area contributed by atoms with Crippen LogP contribution in [0.25, 0.3) is 0 Å². The molecular weight excluding hydrogens is 337 g/mol. The van der Waals surface area contributed by atoms with E-state index in [4.69, 9.17) is 5.11 Å². The van der Waals surface area contributed by atoms with E-state index < -0.39 is 5.97 Å². The van der Waals surface area contributed by atoms with E-state index in [1.807, 2.05) is 30.3 Å². The number of carboxylic acids is 1. The molecule has 0 atom stereocenters. The van der Waals surface area contributed by atoms with Gasteiger partial charge in [-0.15, -0.1) is 0 Å². The molecule has 1 amide bonds. The van der Waals surface area contributed by atoms with E-state index in [0.29, 0.717) is 11.4 Å². The summed E-state index contributed by atoms with van der Waals surface area (Å²) in [5.41, 5.74) is 2.06. The third-order valence-electron chi connectivity index (χ3n) is 2.70. The zero-order valence-corrected chi connectivity index (χ0v) is 16.0. The predicted octanol–water partition coefficient (Wildman–Crippen LogP) is 4.46. The molecule has 0 aliphatic carbocycles. The Morgan fingerprint density at radius 1 is 0.958 bits per heavy atom. The summed E-state index contributed by atoms with van der Waals surface area (Å²) in [6.07, 6.45) is -0.0447. The smallest absolute Gasteiger partial charge is 0.304 e. The molecule has 0 aliphatic heterocycles. The minimum atomic E-state index is -0.918. The minimum absolute atomic E-state index is 0. The monoisotopic (exact) mass is 352 g/mol. The number of hydrogen-bond donors (Lipinski definition) is 2. The van der Waals surface area contributed by atoms with E-state index in [-0.39, 0.29) is 47.0 Å². The second-order valence-corrected chi connectivity index (χ2v) is 5.55. The molecule has 0 saturated heterocycles. The summed E-state index contributed by atoms with van der Waals surface area (Å²) in [5, 5.41) is 19.1. The van der Waals surface area contributed by atoms with Gasteiger partial charge in [0.15, 0.2) is 0 Å². The molecule has 24 heavy (non-hydrogen) atoms. The summed E-state index contributed by atoms with van der Waals surface area (Å²) in [5.74, 6) is -0.678. The second kappa shape index (κ2) is 11.0. The van der Waals surface area contributed by atoms with Gasteiger partial charge in [0, 0.05) is 41.0 Å². The fourth-order valence-electron chi connectivity index (χ4n) is 1.61. The van der Waals surface area contributed by atoms with Crippen LogP contribution in [0.1, 0.15) is 6.42 Å². The second-order valence-electron chi connectivity index (χ2n) is 4.49. The average molecular weight is 352 g/mol. The van der Waals surface area contributed by atoms with Gasteiger partial charge in [-0.25, -0.2) is 0 Å². The molecule has 6 nitrogen and oxygen atoms in total. The van der Waals surface area contributed by atoms with Crippen LogP contribution in [0.5, 0.6) is 0 Å². The van der Waals surface area contributed by atoms with Gasteiger partial charge in [-0.1, -0.05) is 30.0 Å². The third-order valence-corrected chi connectivity index (χ3v) is 3.47. The molecular formula is C16H15N3NaO3S. The van der Waals surface area contributed by atoms with Gasteiger partial charge >= 0.3 is 5.97 Å². The van der Waals surface area contributed by atoms with E-state index >= 15 is 0 Å². The van der Waals surface area contributed by atoms with Gasteiger partial charge in [0.05, 0.1) is 17.8 Å². The van der Waals surface area contributed by atoms with Crippen molar-refractivity contribution in [2.45, 2.75) is 6.42 Å². The number of carboxylic acid groups (broad SMARTS) is 1. The van der Waals surface area contributed by atoms with Crippen LogP contribution in [0.4, 0.5) is 21.9 Å². The number of nitrogens with one attached hydrogen (secondary N) is 1. The van der Waals surface area contributed by atoms with Crippen LogP contribution >= 0.6 is 11.8 Å². The standard InChI is InChI=1S/C16H15N3O3S.Na/c20-15(21)10-11-23-16(22)17-12-6-8-14(9-7-12)19-18-13-4-2-1-3-5-13;/h1-9H,10-11H2,(H,17,22)(H,20,21);. The Labute approximate surface area is 166 Å². The van der Waals surface area contributed by atoms with Crippen LogP contribution in [0.15, 0.2) is 64.8 Å². The van der Waals surface area contributed by atoms with Crippen LogP contribution < -0.4 is 5.32 Å². The van der Waals surface area contributed by atoms with Crippen LogP contribution in [-0.2, 0) is 4.79 Å². The summed E-state index contributed by atoms with van der Waals surface area (Å²) >= 11 is 0.939. The topological polar surface area (TPSA) is 91.1 Å². The molecule has 0 fully saturated rings. The van der Waals surface area contributed by atoms with Gasteiger partial charge < -0.3 is 10.4 Å². The Hall–Kier alpha value is -1.67. The van der Waals surface area contributed by atoms with Crippen molar-refractivity contribution in [3.05, 3.63) is 54.6 Å². The zero-order chi connectivity index (χ0) is 16.5. The predicted molar refractivity (Wildman–Crippen MR) is 96.5 cm³/mol. The maximum atomic E-state index is 11.6. The number of aliphatic carboxylic acids is 1. The molecule has 2 rings (SSSR count). The largest absolute Gasteiger partial charge is 0.481 e. The molecule has 0 saturated carbocycles. The summed E-state index contributed by atoms with van der Waals surface area (Å²) in [6, 6.07) is 16.3. The molecule has 2 aromatic rings. The Morgan fingerprint density at radius 3 is 2.12 bits per heavy atom. The summed E-state index contributed by atoms with van der Waals surface area (Å²) in [6.45, 7) is 0. The van der Waals surface area contributed by atoms with Gasteiger partial charge in [0.1, 0.15) is 0 Å². The van der Waals surface area contributed by atoms with Crippen LogP contribution in [0, 0.1) is 0 Å². The van der Waals surface area contributed by atoms with Gasteiger partial charge in [-0.2, -0.15) is 10.2 Å². The maximum Gasteiger partial charge on any atom is 0.304 e. The fraction of sp³-hybridized carbons (Fsp3) is 0.125. The van der Waals surface area contributed by atoms with Crippen LogP contribution in [0.2, 0.25) is 0 Å². The number of amides is 1. The summed E-state index contributed by atoms with van der Waals surface area (Å²) in [4.78, 5) is 22.0. The first-order chi connectivity index (χ1) is 11.1. The van der Waals surface area contributed by atoms with Crippen molar-refractivity contribution in [1.29, 1.82) is 0 Å². The van der Waals surface area contributed by atoms with Crippen molar-refractivity contribution >= 4 is 69.6 Å². The Balaban J connectivity index is 0.00000288. The van der Waals surface area contributed by atoms with Crippen LogP contribution in [-0.4, -0.2) is 51.6 Å². The first-order valence-corrected chi connectivity index (χ1v) is 7.84. The number of benzene rings is 2. The molecule has 8 heteroatoms. The number of nitrogens with zero attached hydrogens (tertiary/aromatic N) is 2. The number of carbonyl (C=O) groups excluding carboxylic acids is 1.